The van der Waals surface area contributed by atoms with Gasteiger partial charge >= 0.3 is 0 Å². The molecular weight excluding hydrogens is 422 g/mol. The summed E-state index contributed by atoms with van der Waals surface area (Å²) >= 11 is 3.40. The minimum atomic E-state index is -3.63. The first-order valence-corrected chi connectivity index (χ1v) is 9.83. The van der Waals surface area contributed by atoms with Gasteiger partial charge in [-0.05, 0) is 46.3 Å². The first-order valence-electron chi connectivity index (χ1n) is 7.59. The molecule has 0 amide bonds. The minimum absolute atomic E-state index is 0.0262. The molecular formula is C17H16BrN3O4S. The number of hydrogen-bond acceptors (Lipinski definition) is 6. The maximum Gasteiger partial charge on any atom is 0.247 e. The Kier molecular flexibility index (Phi) is 5.40. The number of sulfonamides is 1. The van der Waals surface area contributed by atoms with Gasteiger partial charge < -0.3 is 9.15 Å². The highest BCUT2D eigenvalue weighted by atomic mass is 79.9. The third-order valence-corrected chi connectivity index (χ3v) is 6.11. The van der Waals surface area contributed by atoms with Gasteiger partial charge in [-0.2, -0.15) is 4.31 Å². The summed E-state index contributed by atoms with van der Waals surface area (Å²) < 4.78 is 37.8. The van der Waals surface area contributed by atoms with Crippen molar-refractivity contribution in [3.8, 4) is 17.2 Å². The lowest BCUT2D eigenvalue weighted by atomic mass is 10.2. The lowest BCUT2D eigenvalue weighted by molar-refractivity contribution is 0.399. The van der Waals surface area contributed by atoms with Crippen molar-refractivity contribution >= 4 is 26.0 Å². The summed E-state index contributed by atoms with van der Waals surface area (Å²) in [4.78, 5) is 0.210. The summed E-state index contributed by atoms with van der Waals surface area (Å²) in [5.41, 5.74) is 0.699. The highest BCUT2D eigenvalue weighted by molar-refractivity contribution is 9.10. The molecule has 0 spiro atoms. The minimum Gasteiger partial charge on any atom is -0.496 e. The summed E-state index contributed by atoms with van der Waals surface area (Å²) in [6.45, 7) is -0.0262. The van der Waals surface area contributed by atoms with Gasteiger partial charge in [0.1, 0.15) is 5.75 Å². The molecule has 1 heterocycles. The van der Waals surface area contributed by atoms with Gasteiger partial charge in [0.15, 0.2) is 0 Å². The molecule has 0 radical (unpaired) electrons. The number of halogens is 1. The summed E-state index contributed by atoms with van der Waals surface area (Å²) in [5, 5.41) is 7.93. The average molecular weight is 438 g/mol. The Morgan fingerprint density at radius 1 is 1.15 bits per heavy atom. The van der Waals surface area contributed by atoms with Gasteiger partial charge in [0, 0.05) is 12.6 Å². The fourth-order valence-electron chi connectivity index (χ4n) is 2.28. The largest absolute Gasteiger partial charge is 0.496 e. The van der Waals surface area contributed by atoms with Crippen LogP contribution in [0, 0.1) is 0 Å². The van der Waals surface area contributed by atoms with Gasteiger partial charge in [0.25, 0.3) is 0 Å². The number of methoxy groups -OCH3 is 1. The van der Waals surface area contributed by atoms with Crippen molar-refractivity contribution in [1.29, 1.82) is 0 Å². The molecule has 3 aromatic rings. The number of ether oxygens (including phenoxy) is 1. The number of rotatable bonds is 6. The SMILES string of the molecule is COc1ccc(-c2nnc(CN(C)S(=O)(=O)c3ccccc3)o2)cc1Br. The summed E-state index contributed by atoms with van der Waals surface area (Å²) in [6.07, 6.45) is 0. The van der Waals surface area contributed by atoms with Crippen molar-refractivity contribution in [3.05, 3.63) is 58.9 Å². The van der Waals surface area contributed by atoms with Crippen molar-refractivity contribution in [3.63, 3.8) is 0 Å². The third kappa shape index (κ3) is 3.79. The van der Waals surface area contributed by atoms with E-state index in [0.29, 0.717) is 17.2 Å². The molecule has 9 heteroatoms. The molecule has 0 saturated carbocycles. The van der Waals surface area contributed by atoms with Crippen LogP contribution < -0.4 is 4.74 Å². The highest BCUT2D eigenvalue weighted by Crippen LogP contribution is 2.30. The first-order chi connectivity index (χ1) is 12.4. The predicted octanol–water partition coefficient (Wildman–Crippen LogP) is 3.33. The van der Waals surface area contributed by atoms with Crippen molar-refractivity contribution in [2.75, 3.05) is 14.2 Å². The summed E-state index contributed by atoms with van der Waals surface area (Å²) in [6, 6.07) is 13.5. The Bertz CT molecular complexity index is 1010. The standard InChI is InChI=1S/C17H16BrN3O4S/c1-21(26(22,23)13-6-4-3-5-7-13)11-16-19-20-17(25-16)12-8-9-15(24-2)14(18)10-12/h3-10H,11H2,1-2H3. The molecule has 0 atom stereocenters. The van der Waals surface area contributed by atoms with E-state index in [1.165, 1.54) is 11.4 Å². The number of benzene rings is 2. The van der Waals surface area contributed by atoms with E-state index in [1.54, 1.807) is 55.6 Å². The maximum absolute atomic E-state index is 12.5. The zero-order valence-corrected chi connectivity index (χ0v) is 16.5. The maximum atomic E-state index is 12.5. The van der Waals surface area contributed by atoms with Crippen molar-refractivity contribution in [2.24, 2.45) is 0 Å². The van der Waals surface area contributed by atoms with Crippen LogP contribution in [0.5, 0.6) is 5.75 Å². The molecule has 3 rings (SSSR count). The second-order valence-electron chi connectivity index (χ2n) is 5.42. The molecule has 0 aliphatic carbocycles. The van der Waals surface area contributed by atoms with Crippen LogP contribution in [0.15, 0.2) is 62.3 Å². The van der Waals surface area contributed by atoms with Crippen LogP contribution in [0.2, 0.25) is 0 Å². The van der Waals surface area contributed by atoms with Gasteiger partial charge in [-0.1, -0.05) is 18.2 Å². The van der Waals surface area contributed by atoms with Crippen molar-refractivity contribution < 1.29 is 17.6 Å². The van der Waals surface area contributed by atoms with Crippen molar-refractivity contribution in [2.45, 2.75) is 11.4 Å². The highest BCUT2D eigenvalue weighted by Gasteiger charge is 2.23. The van der Waals surface area contributed by atoms with Crippen LogP contribution >= 0.6 is 15.9 Å². The van der Waals surface area contributed by atoms with Crippen LogP contribution in [0.1, 0.15) is 5.89 Å². The third-order valence-electron chi connectivity index (χ3n) is 3.67. The molecule has 2 aromatic carbocycles. The number of aromatic nitrogens is 2. The molecule has 1 aromatic heterocycles. The fraction of sp³-hybridized carbons (Fsp3) is 0.176. The van der Waals surface area contributed by atoms with Crippen molar-refractivity contribution in [1.82, 2.24) is 14.5 Å². The monoisotopic (exact) mass is 437 g/mol. The lowest BCUT2D eigenvalue weighted by Crippen LogP contribution is -2.26. The zero-order chi connectivity index (χ0) is 18.7. The van der Waals surface area contributed by atoms with E-state index < -0.39 is 10.0 Å². The van der Waals surface area contributed by atoms with Crippen LogP contribution in [-0.2, 0) is 16.6 Å². The summed E-state index contributed by atoms with van der Waals surface area (Å²) in [7, 11) is -0.581. The van der Waals surface area contributed by atoms with Crippen LogP contribution in [0.25, 0.3) is 11.5 Å². The second kappa shape index (κ2) is 7.56. The van der Waals surface area contributed by atoms with Crippen LogP contribution in [0.4, 0.5) is 0 Å². The quantitative estimate of drug-likeness (QED) is 0.587. The molecule has 0 fully saturated rings. The number of nitrogens with zero attached hydrogens (tertiary/aromatic N) is 3. The van der Waals surface area contributed by atoms with Gasteiger partial charge in [-0.15, -0.1) is 10.2 Å². The van der Waals surface area contributed by atoms with Crippen LogP contribution in [0.3, 0.4) is 0 Å². The molecule has 136 valence electrons. The van der Waals surface area contributed by atoms with Gasteiger partial charge in [0.05, 0.1) is 23.0 Å². The molecule has 0 aliphatic rings. The number of hydrogen-bond donors (Lipinski definition) is 0. The molecule has 26 heavy (non-hydrogen) atoms. The van der Waals surface area contributed by atoms with Gasteiger partial charge in [-0.25, -0.2) is 8.42 Å². The van der Waals surface area contributed by atoms with Gasteiger partial charge in [0.2, 0.25) is 21.8 Å². The first kappa shape index (κ1) is 18.6. The van der Waals surface area contributed by atoms with E-state index in [9.17, 15) is 8.42 Å². The molecule has 7 nitrogen and oxygen atoms in total. The molecule has 0 N–H and O–H groups in total. The van der Waals surface area contributed by atoms with E-state index in [2.05, 4.69) is 26.1 Å². The second-order valence-corrected chi connectivity index (χ2v) is 8.32. The Hall–Kier alpha value is -2.23. The molecule has 0 saturated heterocycles. The topological polar surface area (TPSA) is 85.5 Å². The smallest absolute Gasteiger partial charge is 0.247 e. The predicted molar refractivity (Wildman–Crippen MR) is 99.1 cm³/mol. The molecule has 0 aliphatic heterocycles. The Morgan fingerprint density at radius 3 is 2.54 bits per heavy atom. The van der Waals surface area contributed by atoms with Crippen LogP contribution in [-0.4, -0.2) is 37.1 Å². The van der Waals surface area contributed by atoms with E-state index in [4.69, 9.17) is 9.15 Å². The molecule has 0 bridgehead atoms. The van der Waals surface area contributed by atoms with E-state index >= 15 is 0 Å². The Labute approximate surface area is 159 Å². The van der Waals surface area contributed by atoms with E-state index in [0.717, 1.165) is 4.47 Å². The van der Waals surface area contributed by atoms with Gasteiger partial charge in [-0.3, -0.25) is 0 Å². The Balaban J connectivity index is 1.79. The lowest BCUT2D eigenvalue weighted by Gasteiger charge is -2.14. The van der Waals surface area contributed by atoms with E-state index in [1.807, 2.05) is 0 Å². The normalized spacial score (nSPS) is 11.7. The summed E-state index contributed by atoms with van der Waals surface area (Å²) in [5.74, 6) is 1.19. The zero-order valence-electron chi connectivity index (χ0n) is 14.1. The molecule has 0 unspecified atom stereocenters. The fourth-order valence-corrected chi connectivity index (χ4v) is 3.96. The van der Waals surface area contributed by atoms with E-state index in [-0.39, 0.29) is 17.3 Å². The average Bonchev–Trinajstić information content (AvgIpc) is 3.11. The Morgan fingerprint density at radius 2 is 1.88 bits per heavy atom.